The van der Waals surface area contributed by atoms with Crippen molar-refractivity contribution in [1.29, 1.82) is 5.26 Å². The SMILES string of the molecule is COc1c(-c2ccc(N3C[C@@H](C)N(S(C)(=O)=O)[C@@H](C)C3)nc2)cnc2c(-c3ccc(C#N)cc3)cccc12. The first-order valence-electron chi connectivity index (χ1n) is 12.4. The van der Waals surface area contributed by atoms with Gasteiger partial charge >= 0.3 is 0 Å². The number of pyridine rings is 2. The molecule has 38 heavy (non-hydrogen) atoms. The van der Waals surface area contributed by atoms with Gasteiger partial charge in [-0.2, -0.15) is 9.57 Å². The highest BCUT2D eigenvalue weighted by atomic mass is 32.2. The second kappa shape index (κ2) is 10.0. The van der Waals surface area contributed by atoms with Crippen molar-refractivity contribution >= 4 is 26.7 Å². The molecule has 194 valence electrons. The Balaban J connectivity index is 1.47. The van der Waals surface area contributed by atoms with Crippen molar-refractivity contribution in [2.75, 3.05) is 31.4 Å². The number of rotatable bonds is 5. The van der Waals surface area contributed by atoms with Crippen molar-refractivity contribution in [1.82, 2.24) is 14.3 Å². The molecule has 5 rings (SSSR count). The van der Waals surface area contributed by atoms with E-state index in [2.05, 4.69) is 11.0 Å². The third kappa shape index (κ3) is 4.69. The zero-order valence-electron chi connectivity index (χ0n) is 21.8. The Labute approximate surface area is 223 Å². The molecule has 0 amide bonds. The summed E-state index contributed by atoms with van der Waals surface area (Å²) in [5.74, 6) is 1.51. The molecule has 0 radical (unpaired) electrons. The molecule has 0 aliphatic carbocycles. The summed E-state index contributed by atoms with van der Waals surface area (Å²) in [4.78, 5) is 11.6. The van der Waals surface area contributed by atoms with Crippen LogP contribution in [0.1, 0.15) is 19.4 Å². The number of hydrogen-bond donors (Lipinski definition) is 0. The van der Waals surface area contributed by atoms with Crippen LogP contribution in [-0.4, -0.2) is 61.2 Å². The predicted molar refractivity (Wildman–Crippen MR) is 149 cm³/mol. The van der Waals surface area contributed by atoms with E-state index in [1.54, 1.807) is 29.7 Å². The number of fused-ring (bicyclic) bond motifs is 1. The van der Waals surface area contributed by atoms with Crippen molar-refractivity contribution in [2.24, 2.45) is 0 Å². The smallest absolute Gasteiger partial charge is 0.211 e. The van der Waals surface area contributed by atoms with E-state index in [4.69, 9.17) is 20.0 Å². The van der Waals surface area contributed by atoms with Crippen molar-refractivity contribution in [3.63, 3.8) is 0 Å². The maximum Gasteiger partial charge on any atom is 0.211 e. The fraction of sp³-hybridized carbons (Fsp3) is 0.276. The summed E-state index contributed by atoms with van der Waals surface area (Å²) in [6, 6.07) is 19.2. The van der Waals surface area contributed by atoms with Gasteiger partial charge in [-0.05, 0) is 49.7 Å². The van der Waals surface area contributed by atoms with Crippen LogP contribution in [0.2, 0.25) is 0 Å². The van der Waals surface area contributed by atoms with E-state index in [-0.39, 0.29) is 12.1 Å². The molecule has 1 fully saturated rings. The van der Waals surface area contributed by atoms with E-state index in [1.165, 1.54) is 6.26 Å². The molecule has 3 heterocycles. The number of sulfonamides is 1. The van der Waals surface area contributed by atoms with Gasteiger partial charge in [0.15, 0.2) is 0 Å². The van der Waals surface area contributed by atoms with E-state index in [1.807, 2.05) is 62.5 Å². The van der Waals surface area contributed by atoms with Crippen LogP contribution in [0.3, 0.4) is 0 Å². The molecular formula is C29H29N5O3S. The number of benzene rings is 2. The molecule has 0 bridgehead atoms. The Morgan fingerprint density at radius 2 is 1.61 bits per heavy atom. The van der Waals surface area contributed by atoms with Gasteiger partial charge in [-0.15, -0.1) is 0 Å². The summed E-state index contributed by atoms with van der Waals surface area (Å²) in [6.07, 6.45) is 4.88. The normalized spacial score (nSPS) is 18.3. The quantitative estimate of drug-likeness (QED) is 0.371. The lowest BCUT2D eigenvalue weighted by Gasteiger charge is -2.43. The Bertz CT molecular complexity index is 1620. The zero-order valence-corrected chi connectivity index (χ0v) is 22.6. The highest BCUT2D eigenvalue weighted by molar-refractivity contribution is 7.88. The Hall–Kier alpha value is -4.00. The van der Waals surface area contributed by atoms with Crippen molar-refractivity contribution in [3.8, 4) is 34.1 Å². The Kier molecular flexibility index (Phi) is 6.78. The summed E-state index contributed by atoms with van der Waals surface area (Å²) in [5.41, 5.74) is 5.07. The predicted octanol–water partition coefficient (Wildman–Crippen LogP) is 4.70. The molecule has 0 N–H and O–H groups in total. The van der Waals surface area contributed by atoms with Crippen LogP contribution < -0.4 is 9.64 Å². The molecule has 0 saturated carbocycles. The van der Waals surface area contributed by atoms with Gasteiger partial charge in [0.25, 0.3) is 0 Å². The molecule has 2 aromatic carbocycles. The first-order valence-corrected chi connectivity index (χ1v) is 14.2. The average Bonchev–Trinajstić information content (AvgIpc) is 2.91. The van der Waals surface area contributed by atoms with Crippen LogP contribution in [0.4, 0.5) is 5.82 Å². The fourth-order valence-corrected chi connectivity index (χ4v) is 6.90. The van der Waals surface area contributed by atoms with Crippen LogP contribution in [0.25, 0.3) is 33.2 Å². The first kappa shape index (κ1) is 25.6. The number of anilines is 1. The van der Waals surface area contributed by atoms with E-state index < -0.39 is 10.0 Å². The second-order valence-corrected chi connectivity index (χ2v) is 11.6. The summed E-state index contributed by atoms with van der Waals surface area (Å²) in [5, 5.41) is 10.0. The van der Waals surface area contributed by atoms with Crippen LogP contribution in [0.5, 0.6) is 5.75 Å². The molecule has 2 aromatic heterocycles. The molecule has 0 unspecified atom stereocenters. The molecule has 1 aliphatic heterocycles. The average molecular weight is 528 g/mol. The molecular weight excluding hydrogens is 498 g/mol. The summed E-state index contributed by atoms with van der Waals surface area (Å²) in [7, 11) is -1.62. The number of nitrogens with zero attached hydrogens (tertiary/aromatic N) is 5. The first-order chi connectivity index (χ1) is 18.2. The highest BCUT2D eigenvalue weighted by Gasteiger charge is 2.35. The minimum atomic E-state index is -3.27. The molecule has 1 saturated heterocycles. The number of para-hydroxylation sites is 1. The van der Waals surface area contributed by atoms with Gasteiger partial charge in [0.1, 0.15) is 11.6 Å². The maximum atomic E-state index is 12.2. The van der Waals surface area contributed by atoms with Gasteiger partial charge in [0.2, 0.25) is 10.0 Å². The minimum Gasteiger partial charge on any atom is -0.495 e. The van der Waals surface area contributed by atoms with Gasteiger partial charge in [-0.1, -0.05) is 24.3 Å². The minimum absolute atomic E-state index is 0.148. The summed E-state index contributed by atoms with van der Waals surface area (Å²) in [6.45, 7) is 5.00. The lowest BCUT2D eigenvalue weighted by molar-refractivity contribution is 0.242. The maximum absolute atomic E-state index is 12.2. The molecule has 1 aliphatic rings. The van der Waals surface area contributed by atoms with Gasteiger partial charge < -0.3 is 9.64 Å². The zero-order chi connectivity index (χ0) is 27.0. The molecule has 4 aromatic rings. The molecule has 0 spiro atoms. The number of nitriles is 1. The monoisotopic (exact) mass is 527 g/mol. The van der Waals surface area contributed by atoms with Crippen LogP contribution >= 0.6 is 0 Å². The van der Waals surface area contributed by atoms with E-state index in [0.29, 0.717) is 24.4 Å². The van der Waals surface area contributed by atoms with Gasteiger partial charge in [-0.25, -0.2) is 13.4 Å². The number of piperazine rings is 1. The van der Waals surface area contributed by atoms with Crippen LogP contribution in [0.15, 0.2) is 67.0 Å². The number of hydrogen-bond acceptors (Lipinski definition) is 7. The lowest BCUT2D eigenvalue weighted by atomic mass is 9.98. The number of ether oxygens (including phenoxy) is 1. The standard InChI is InChI=1S/C29H29N5O3S/c1-19-17-33(18-20(2)34(19)38(4,35)36)27-13-12-23(15-31-27)26-16-32-28-24(6-5-7-25(28)29(26)37-3)22-10-8-21(14-30)9-11-22/h5-13,15-16,19-20H,17-18H2,1-4H3/t19-,20+. The third-order valence-corrected chi connectivity index (χ3v) is 8.47. The Morgan fingerprint density at radius 1 is 0.921 bits per heavy atom. The summed E-state index contributed by atoms with van der Waals surface area (Å²) < 4.78 is 31.8. The molecule has 2 atom stereocenters. The lowest BCUT2D eigenvalue weighted by Crippen LogP contribution is -2.58. The summed E-state index contributed by atoms with van der Waals surface area (Å²) >= 11 is 0. The van der Waals surface area contributed by atoms with Crippen molar-refractivity contribution in [3.05, 3.63) is 72.6 Å². The van der Waals surface area contributed by atoms with Crippen LogP contribution in [-0.2, 0) is 10.0 Å². The molecule has 9 heteroatoms. The van der Waals surface area contributed by atoms with Crippen molar-refractivity contribution < 1.29 is 13.2 Å². The number of aromatic nitrogens is 2. The third-order valence-electron chi connectivity index (χ3n) is 6.98. The fourth-order valence-electron chi connectivity index (χ4n) is 5.46. The van der Waals surface area contributed by atoms with E-state index in [9.17, 15) is 8.42 Å². The molecule has 8 nitrogen and oxygen atoms in total. The second-order valence-electron chi connectivity index (χ2n) is 9.70. The topological polar surface area (TPSA) is 99.4 Å². The van der Waals surface area contributed by atoms with Crippen LogP contribution in [0, 0.1) is 11.3 Å². The van der Waals surface area contributed by atoms with E-state index >= 15 is 0 Å². The van der Waals surface area contributed by atoms with E-state index in [0.717, 1.165) is 39.0 Å². The number of methoxy groups -OCH3 is 1. The van der Waals surface area contributed by atoms with Gasteiger partial charge in [0, 0.05) is 59.6 Å². The van der Waals surface area contributed by atoms with Gasteiger partial charge in [0.05, 0.1) is 30.5 Å². The van der Waals surface area contributed by atoms with Crippen molar-refractivity contribution in [2.45, 2.75) is 25.9 Å². The Morgan fingerprint density at radius 3 is 2.18 bits per heavy atom. The largest absolute Gasteiger partial charge is 0.495 e. The van der Waals surface area contributed by atoms with Gasteiger partial charge in [-0.3, -0.25) is 4.98 Å². The highest BCUT2D eigenvalue weighted by Crippen LogP contribution is 2.39.